The second kappa shape index (κ2) is 5.91. The van der Waals surface area contributed by atoms with Gasteiger partial charge in [-0.25, -0.2) is 9.78 Å². The average molecular weight is 344 g/mol. The van der Waals surface area contributed by atoms with Crippen LogP contribution in [0.5, 0.6) is 0 Å². The molecular formula is C18H18ClN3O2. The minimum absolute atomic E-state index is 0.107. The zero-order chi connectivity index (χ0) is 17.6. The summed E-state index contributed by atoms with van der Waals surface area (Å²) in [5, 5.41) is 0.343. The van der Waals surface area contributed by atoms with Gasteiger partial charge in [-0.05, 0) is 35.7 Å². The Morgan fingerprint density at radius 2 is 1.83 bits per heavy atom. The Morgan fingerprint density at radius 1 is 1.12 bits per heavy atom. The zero-order valence-corrected chi connectivity index (χ0v) is 14.8. The van der Waals surface area contributed by atoms with E-state index in [9.17, 15) is 9.59 Å². The van der Waals surface area contributed by atoms with E-state index in [1.165, 1.54) is 6.20 Å². The molecule has 0 aliphatic carbocycles. The lowest BCUT2D eigenvalue weighted by molar-refractivity contribution is 0.103. The van der Waals surface area contributed by atoms with Gasteiger partial charge in [0.2, 0.25) is 0 Å². The van der Waals surface area contributed by atoms with Crippen LogP contribution >= 0.6 is 11.6 Å². The highest BCUT2D eigenvalue weighted by atomic mass is 35.5. The predicted octanol–water partition coefficient (Wildman–Crippen LogP) is 3.28. The molecule has 2 heterocycles. The number of nitrogens with zero attached hydrogens (tertiary/aromatic N) is 3. The summed E-state index contributed by atoms with van der Waals surface area (Å²) >= 11 is 5.78. The number of pyridine rings is 1. The van der Waals surface area contributed by atoms with Crippen molar-refractivity contribution < 1.29 is 4.79 Å². The topological polar surface area (TPSA) is 56.9 Å². The van der Waals surface area contributed by atoms with E-state index in [-0.39, 0.29) is 17.4 Å². The first-order chi connectivity index (χ1) is 11.3. The maximum Gasteiger partial charge on any atom is 0.328 e. The largest absolute Gasteiger partial charge is 0.328 e. The van der Waals surface area contributed by atoms with Crippen molar-refractivity contribution >= 4 is 28.4 Å². The van der Waals surface area contributed by atoms with Crippen LogP contribution in [0.1, 0.15) is 41.3 Å². The summed E-state index contributed by atoms with van der Waals surface area (Å²) in [7, 11) is 3.47. The number of fused-ring (bicyclic) bond motifs is 1. The predicted molar refractivity (Wildman–Crippen MR) is 94.9 cm³/mol. The van der Waals surface area contributed by atoms with Gasteiger partial charge < -0.3 is 0 Å². The number of carbonyl (C=O) groups excluding carboxylic acids is 1. The molecule has 0 atom stereocenters. The Balaban J connectivity index is 2.26. The van der Waals surface area contributed by atoms with Gasteiger partial charge in [0.1, 0.15) is 5.15 Å². The molecule has 6 heteroatoms. The van der Waals surface area contributed by atoms with Gasteiger partial charge in [0.25, 0.3) is 0 Å². The van der Waals surface area contributed by atoms with Crippen molar-refractivity contribution in [2.75, 3.05) is 0 Å². The Labute approximate surface area is 144 Å². The van der Waals surface area contributed by atoms with Crippen LogP contribution in [0.4, 0.5) is 0 Å². The van der Waals surface area contributed by atoms with Crippen LogP contribution in [-0.4, -0.2) is 19.9 Å². The summed E-state index contributed by atoms with van der Waals surface area (Å²) in [4.78, 5) is 29.0. The zero-order valence-electron chi connectivity index (χ0n) is 14.0. The number of halogens is 1. The Hall–Kier alpha value is -2.40. The lowest BCUT2D eigenvalue weighted by atomic mass is 9.95. The molecule has 0 fully saturated rings. The summed E-state index contributed by atoms with van der Waals surface area (Å²) in [5.41, 5.74) is 3.48. The van der Waals surface area contributed by atoms with E-state index in [2.05, 4.69) is 4.98 Å². The van der Waals surface area contributed by atoms with Crippen molar-refractivity contribution in [1.82, 2.24) is 14.1 Å². The normalized spacial score (nSPS) is 11.4. The molecule has 0 spiro atoms. The molecule has 0 amide bonds. The van der Waals surface area contributed by atoms with E-state index >= 15 is 0 Å². The van der Waals surface area contributed by atoms with Gasteiger partial charge in [-0.2, -0.15) is 0 Å². The van der Waals surface area contributed by atoms with E-state index < -0.39 is 0 Å². The third-order valence-corrected chi connectivity index (χ3v) is 4.49. The molecule has 24 heavy (non-hydrogen) atoms. The van der Waals surface area contributed by atoms with Crippen LogP contribution in [0.2, 0.25) is 5.15 Å². The lowest BCUT2D eigenvalue weighted by Crippen LogP contribution is -2.19. The molecule has 0 unspecified atom stereocenters. The number of hydrogen-bond acceptors (Lipinski definition) is 3. The fourth-order valence-electron chi connectivity index (χ4n) is 2.93. The van der Waals surface area contributed by atoms with Gasteiger partial charge in [-0.3, -0.25) is 13.9 Å². The van der Waals surface area contributed by atoms with Gasteiger partial charge in [-0.15, -0.1) is 0 Å². The smallest absolute Gasteiger partial charge is 0.295 e. The van der Waals surface area contributed by atoms with Crippen LogP contribution in [0.3, 0.4) is 0 Å². The number of imidazole rings is 1. The molecule has 0 bridgehead atoms. The summed E-state index contributed by atoms with van der Waals surface area (Å²) in [6.07, 6.45) is 1.47. The van der Waals surface area contributed by atoms with Crippen LogP contribution in [0.25, 0.3) is 11.0 Å². The van der Waals surface area contributed by atoms with Crippen LogP contribution < -0.4 is 5.69 Å². The van der Waals surface area contributed by atoms with E-state index in [4.69, 9.17) is 11.6 Å². The Morgan fingerprint density at radius 3 is 2.42 bits per heavy atom. The van der Waals surface area contributed by atoms with E-state index in [0.717, 1.165) is 16.6 Å². The minimum atomic E-state index is -0.140. The van der Waals surface area contributed by atoms with Gasteiger partial charge >= 0.3 is 5.69 Å². The number of ketones is 1. The third kappa shape index (κ3) is 2.55. The highest BCUT2D eigenvalue weighted by molar-refractivity contribution is 6.29. The van der Waals surface area contributed by atoms with Crippen molar-refractivity contribution in [3.8, 4) is 0 Å². The molecule has 0 saturated carbocycles. The molecule has 3 rings (SSSR count). The maximum atomic E-state index is 12.8. The van der Waals surface area contributed by atoms with Crippen LogP contribution in [0, 0.1) is 0 Å². The van der Waals surface area contributed by atoms with Crippen molar-refractivity contribution in [3.05, 3.63) is 62.8 Å². The van der Waals surface area contributed by atoms with Crippen molar-refractivity contribution in [1.29, 1.82) is 0 Å². The second-order valence-electron chi connectivity index (χ2n) is 6.19. The Bertz CT molecular complexity index is 998. The van der Waals surface area contributed by atoms with Crippen LogP contribution in [0.15, 0.2) is 35.3 Å². The van der Waals surface area contributed by atoms with Crippen molar-refractivity contribution in [2.45, 2.75) is 19.8 Å². The van der Waals surface area contributed by atoms with Crippen molar-refractivity contribution in [2.24, 2.45) is 14.1 Å². The summed E-state index contributed by atoms with van der Waals surface area (Å²) < 4.78 is 3.20. The quantitative estimate of drug-likeness (QED) is 0.541. The van der Waals surface area contributed by atoms with E-state index in [1.807, 2.05) is 19.9 Å². The molecular weight excluding hydrogens is 326 g/mol. The highest BCUT2D eigenvalue weighted by Crippen LogP contribution is 2.27. The van der Waals surface area contributed by atoms with Gasteiger partial charge in [0.05, 0.1) is 11.0 Å². The fraction of sp³-hybridized carbons (Fsp3) is 0.278. The Kier molecular flexibility index (Phi) is 4.05. The van der Waals surface area contributed by atoms with Gasteiger partial charge in [-0.1, -0.05) is 25.4 Å². The van der Waals surface area contributed by atoms with Crippen molar-refractivity contribution in [3.63, 3.8) is 0 Å². The first kappa shape index (κ1) is 16.5. The number of rotatable bonds is 3. The SMILES string of the molecule is CC(C)c1cc(C(=O)c2ccc(Cl)nc2)cc2c1n(C)c(=O)n2C. The van der Waals surface area contributed by atoms with E-state index in [0.29, 0.717) is 16.3 Å². The molecule has 0 saturated heterocycles. The molecule has 0 N–H and O–H groups in total. The van der Waals surface area contributed by atoms with Gasteiger partial charge in [0.15, 0.2) is 5.78 Å². The molecule has 5 nitrogen and oxygen atoms in total. The number of carbonyl (C=O) groups is 1. The van der Waals surface area contributed by atoms with Crippen LogP contribution in [-0.2, 0) is 14.1 Å². The molecule has 124 valence electrons. The summed E-state index contributed by atoms with van der Waals surface area (Å²) in [6.45, 7) is 4.09. The minimum Gasteiger partial charge on any atom is -0.295 e. The first-order valence-corrected chi connectivity index (χ1v) is 8.04. The summed E-state index contributed by atoms with van der Waals surface area (Å²) in [5.74, 6) is 0.0378. The lowest BCUT2D eigenvalue weighted by Gasteiger charge is -2.12. The number of aromatic nitrogens is 3. The molecule has 2 aromatic heterocycles. The molecule has 0 radical (unpaired) electrons. The molecule has 0 aliphatic heterocycles. The maximum absolute atomic E-state index is 12.8. The number of benzene rings is 1. The molecule has 1 aromatic carbocycles. The fourth-order valence-corrected chi connectivity index (χ4v) is 3.05. The standard InChI is InChI=1S/C18H18ClN3O2/c1-10(2)13-7-12(17(23)11-5-6-15(19)20-9-11)8-14-16(13)22(4)18(24)21(14)3/h5-10H,1-4H3. The number of hydrogen-bond donors (Lipinski definition) is 0. The second-order valence-corrected chi connectivity index (χ2v) is 6.57. The molecule has 0 aliphatic rings. The summed E-state index contributed by atoms with van der Waals surface area (Å²) in [6, 6.07) is 6.87. The first-order valence-electron chi connectivity index (χ1n) is 7.67. The molecule has 3 aromatic rings. The van der Waals surface area contributed by atoms with E-state index in [1.54, 1.807) is 41.4 Å². The monoisotopic (exact) mass is 343 g/mol. The number of aryl methyl sites for hydroxylation is 2. The highest BCUT2D eigenvalue weighted by Gasteiger charge is 2.19. The third-order valence-electron chi connectivity index (χ3n) is 4.26. The van der Waals surface area contributed by atoms with Gasteiger partial charge in [0, 0.05) is 31.4 Å². The average Bonchev–Trinajstić information content (AvgIpc) is 2.78.